The highest BCUT2D eigenvalue weighted by Crippen LogP contribution is 2.43. The first-order valence-corrected chi connectivity index (χ1v) is 9.18. The van der Waals surface area contributed by atoms with Crippen LogP contribution >= 0.6 is 0 Å². The van der Waals surface area contributed by atoms with Gasteiger partial charge >= 0.3 is 6.18 Å². The highest BCUT2D eigenvalue weighted by atomic mass is 32.2. The molecule has 0 spiro atoms. The molecule has 0 saturated carbocycles. The van der Waals surface area contributed by atoms with Crippen LogP contribution in [-0.4, -0.2) is 31.3 Å². The third-order valence-electron chi connectivity index (χ3n) is 4.78. The van der Waals surface area contributed by atoms with Crippen LogP contribution in [0.15, 0.2) is 41.4 Å². The summed E-state index contributed by atoms with van der Waals surface area (Å²) in [7, 11) is -2.95. The Morgan fingerprint density at radius 1 is 1.16 bits per heavy atom. The Kier molecular flexibility index (Phi) is 4.23. The fraction of sp³-hybridized carbons (Fsp3) is 0.412. The monoisotopic (exact) mass is 373 g/mol. The maximum atomic E-state index is 13.5. The van der Waals surface area contributed by atoms with Crippen molar-refractivity contribution in [1.29, 1.82) is 0 Å². The molecule has 25 heavy (non-hydrogen) atoms. The first-order chi connectivity index (χ1) is 11.6. The summed E-state index contributed by atoms with van der Waals surface area (Å²) in [5, 5.41) is 0. The minimum atomic E-state index is -4.58. The van der Waals surface area contributed by atoms with Crippen molar-refractivity contribution in [1.82, 2.24) is 3.97 Å². The van der Waals surface area contributed by atoms with Crippen LogP contribution in [0.5, 0.6) is 0 Å². The SMILES string of the molecule is CO[C@]1(C(F)(F)F)CCc2ccn(S(=O)(=O)c3ccc(C)cc3)c2C1. The number of rotatable bonds is 3. The molecule has 0 radical (unpaired) electrons. The molecular weight excluding hydrogens is 355 g/mol. The van der Waals surface area contributed by atoms with Gasteiger partial charge in [-0.1, -0.05) is 17.7 Å². The normalized spacial score (nSPS) is 21.2. The molecule has 1 aliphatic carbocycles. The maximum absolute atomic E-state index is 13.5. The number of hydrogen-bond acceptors (Lipinski definition) is 3. The molecule has 0 unspecified atom stereocenters. The van der Waals surface area contributed by atoms with Gasteiger partial charge in [-0.05, 0) is 43.5 Å². The van der Waals surface area contributed by atoms with E-state index in [1.807, 2.05) is 6.92 Å². The second kappa shape index (κ2) is 5.88. The second-order valence-corrected chi connectivity index (χ2v) is 8.09. The summed E-state index contributed by atoms with van der Waals surface area (Å²) >= 11 is 0. The molecule has 1 atom stereocenters. The van der Waals surface area contributed by atoms with Crippen molar-refractivity contribution in [2.24, 2.45) is 0 Å². The molecule has 1 aromatic carbocycles. The van der Waals surface area contributed by atoms with E-state index in [9.17, 15) is 21.6 Å². The standard InChI is InChI=1S/C17H18F3NO3S/c1-12-3-5-14(6-4-12)25(22,23)21-10-8-13-7-9-16(24-2,11-15(13)21)17(18,19)20/h3-6,8,10H,7,9,11H2,1-2H3/t16-/m1/s1. The molecule has 2 aromatic rings. The van der Waals surface area contributed by atoms with Crippen molar-refractivity contribution in [3.63, 3.8) is 0 Å². The maximum Gasteiger partial charge on any atom is 0.417 e. The third-order valence-corrected chi connectivity index (χ3v) is 6.51. The zero-order valence-corrected chi connectivity index (χ0v) is 14.6. The van der Waals surface area contributed by atoms with Gasteiger partial charge in [-0.3, -0.25) is 0 Å². The number of aromatic nitrogens is 1. The van der Waals surface area contributed by atoms with Crippen molar-refractivity contribution in [2.45, 2.75) is 42.9 Å². The van der Waals surface area contributed by atoms with E-state index in [0.717, 1.165) is 16.6 Å². The zero-order chi connectivity index (χ0) is 18.5. The predicted molar refractivity (Wildman–Crippen MR) is 86.0 cm³/mol. The summed E-state index contributed by atoms with van der Waals surface area (Å²) in [4.78, 5) is 0.0390. The third kappa shape index (κ3) is 2.87. The quantitative estimate of drug-likeness (QED) is 0.828. The molecule has 136 valence electrons. The summed E-state index contributed by atoms with van der Waals surface area (Å²) < 4.78 is 72.0. The smallest absolute Gasteiger partial charge is 0.368 e. The number of methoxy groups -OCH3 is 1. The largest absolute Gasteiger partial charge is 0.417 e. The lowest BCUT2D eigenvalue weighted by atomic mass is 9.83. The average molecular weight is 373 g/mol. The minimum Gasteiger partial charge on any atom is -0.368 e. The number of fused-ring (bicyclic) bond motifs is 1. The second-order valence-electron chi connectivity index (χ2n) is 6.27. The lowest BCUT2D eigenvalue weighted by molar-refractivity contribution is -0.273. The lowest BCUT2D eigenvalue weighted by Gasteiger charge is -2.37. The van der Waals surface area contributed by atoms with Gasteiger partial charge in [-0.25, -0.2) is 12.4 Å². The minimum absolute atomic E-state index is 0.0390. The molecule has 4 nitrogen and oxygen atoms in total. The van der Waals surface area contributed by atoms with Crippen LogP contribution < -0.4 is 0 Å². The number of hydrogen-bond donors (Lipinski definition) is 0. The van der Waals surface area contributed by atoms with Gasteiger partial charge in [0.05, 0.1) is 4.90 Å². The van der Waals surface area contributed by atoms with E-state index >= 15 is 0 Å². The summed E-state index contributed by atoms with van der Waals surface area (Å²) in [6.07, 6.45) is -3.90. The van der Waals surface area contributed by atoms with Crippen LogP contribution in [0.4, 0.5) is 13.2 Å². The summed E-state index contributed by atoms with van der Waals surface area (Å²) in [6.45, 7) is 1.82. The van der Waals surface area contributed by atoms with Crippen molar-refractivity contribution in [2.75, 3.05) is 7.11 Å². The van der Waals surface area contributed by atoms with E-state index < -0.39 is 28.2 Å². The molecule has 1 aliphatic rings. The van der Waals surface area contributed by atoms with Crippen LogP contribution in [0.2, 0.25) is 0 Å². The first-order valence-electron chi connectivity index (χ1n) is 7.74. The van der Waals surface area contributed by atoms with Crippen LogP contribution in [0.1, 0.15) is 23.2 Å². The highest BCUT2D eigenvalue weighted by molar-refractivity contribution is 7.90. The van der Waals surface area contributed by atoms with E-state index in [2.05, 4.69) is 0 Å². The number of halogens is 3. The Hall–Kier alpha value is -1.80. The molecule has 0 bridgehead atoms. The Morgan fingerprint density at radius 2 is 1.80 bits per heavy atom. The van der Waals surface area contributed by atoms with Crippen LogP contribution in [0.3, 0.4) is 0 Å². The fourth-order valence-electron chi connectivity index (χ4n) is 3.18. The highest BCUT2D eigenvalue weighted by Gasteiger charge is 2.57. The Bertz CT molecular complexity index is 885. The molecule has 3 rings (SSSR count). The van der Waals surface area contributed by atoms with Crippen molar-refractivity contribution >= 4 is 10.0 Å². The zero-order valence-electron chi connectivity index (χ0n) is 13.8. The van der Waals surface area contributed by atoms with E-state index in [1.54, 1.807) is 18.2 Å². The summed E-state index contributed by atoms with van der Waals surface area (Å²) in [6, 6.07) is 7.77. The molecular formula is C17H18F3NO3S. The molecule has 1 heterocycles. The molecule has 0 aliphatic heterocycles. The van der Waals surface area contributed by atoms with Crippen LogP contribution in [0.25, 0.3) is 0 Å². The predicted octanol–water partition coefficient (Wildman–Crippen LogP) is 3.47. The Balaban J connectivity index is 2.08. The summed E-state index contributed by atoms with van der Waals surface area (Å²) in [5.41, 5.74) is -0.735. The van der Waals surface area contributed by atoms with Gasteiger partial charge < -0.3 is 4.74 Å². The van der Waals surface area contributed by atoms with Gasteiger partial charge in [0, 0.05) is 25.4 Å². The number of ether oxygens (including phenoxy) is 1. The number of benzene rings is 1. The number of alkyl halides is 3. The molecule has 1 aromatic heterocycles. The van der Waals surface area contributed by atoms with Gasteiger partial charge in [0.25, 0.3) is 10.0 Å². The molecule has 0 N–H and O–H groups in total. The van der Waals surface area contributed by atoms with Crippen molar-refractivity contribution in [3.05, 3.63) is 53.3 Å². The molecule has 0 amide bonds. The average Bonchev–Trinajstić information content (AvgIpc) is 2.97. The van der Waals surface area contributed by atoms with Crippen molar-refractivity contribution < 1.29 is 26.3 Å². The van der Waals surface area contributed by atoms with Gasteiger partial charge in [0.15, 0.2) is 5.60 Å². The topological polar surface area (TPSA) is 48.3 Å². The fourth-order valence-corrected chi connectivity index (χ4v) is 4.58. The van der Waals surface area contributed by atoms with Crippen LogP contribution in [-0.2, 0) is 27.6 Å². The Labute approximate surface area is 144 Å². The molecule has 0 fully saturated rings. The van der Waals surface area contributed by atoms with Crippen molar-refractivity contribution in [3.8, 4) is 0 Å². The van der Waals surface area contributed by atoms with E-state index in [1.165, 1.54) is 18.3 Å². The van der Waals surface area contributed by atoms with E-state index in [-0.39, 0.29) is 23.4 Å². The van der Waals surface area contributed by atoms with E-state index in [4.69, 9.17) is 4.74 Å². The van der Waals surface area contributed by atoms with E-state index in [0.29, 0.717) is 5.56 Å². The van der Waals surface area contributed by atoms with Crippen LogP contribution in [0, 0.1) is 6.92 Å². The lowest BCUT2D eigenvalue weighted by Crippen LogP contribution is -2.51. The number of aryl methyl sites for hydroxylation is 2. The van der Waals surface area contributed by atoms with Gasteiger partial charge in [-0.15, -0.1) is 0 Å². The van der Waals surface area contributed by atoms with Gasteiger partial charge in [-0.2, -0.15) is 13.2 Å². The number of nitrogens with zero attached hydrogens (tertiary/aromatic N) is 1. The molecule has 8 heteroatoms. The first kappa shape index (κ1) is 18.0. The van der Waals surface area contributed by atoms with Gasteiger partial charge in [0.1, 0.15) is 0 Å². The summed E-state index contributed by atoms with van der Waals surface area (Å²) in [5.74, 6) is 0. The Morgan fingerprint density at radius 3 is 2.36 bits per heavy atom. The molecule has 0 saturated heterocycles. The van der Waals surface area contributed by atoms with Gasteiger partial charge in [0.2, 0.25) is 0 Å².